The largest absolute Gasteiger partial charge is 0.312 e. The molecular weight excluding hydrogens is 345 g/mol. The number of carbonyl (C=O) groups is 2. The van der Waals surface area contributed by atoms with Crippen LogP contribution in [0.15, 0.2) is 16.6 Å². The molecule has 1 aliphatic heterocycles. The maximum Gasteiger partial charge on any atom is 0.227 e. The first-order chi connectivity index (χ1) is 9.40. The van der Waals surface area contributed by atoms with E-state index in [0.717, 1.165) is 0 Å². The van der Waals surface area contributed by atoms with Crippen LogP contribution in [0.25, 0.3) is 0 Å². The van der Waals surface area contributed by atoms with Crippen LogP contribution in [-0.2, 0) is 9.59 Å². The minimum atomic E-state index is -0.336. The Bertz CT molecular complexity index is 564. The van der Waals surface area contributed by atoms with Gasteiger partial charge in [-0.25, -0.2) is 4.39 Å². The van der Waals surface area contributed by atoms with Gasteiger partial charge in [-0.2, -0.15) is 0 Å². The van der Waals surface area contributed by atoms with Gasteiger partial charge in [0, 0.05) is 36.9 Å². The molecule has 1 fully saturated rings. The first-order valence-corrected chi connectivity index (χ1v) is 8.06. The number of thioether (sulfide) groups is 1. The Morgan fingerprint density at radius 1 is 1.55 bits per heavy atom. The average molecular weight is 360 g/mol. The predicted molar refractivity (Wildman–Crippen MR) is 82.4 cm³/mol. The van der Waals surface area contributed by atoms with Crippen LogP contribution in [0.4, 0.5) is 10.1 Å². The molecule has 1 aliphatic rings. The molecule has 20 heavy (non-hydrogen) atoms. The van der Waals surface area contributed by atoms with Crippen LogP contribution in [0, 0.1) is 18.7 Å². The molecule has 1 amide bonds. The highest BCUT2D eigenvalue weighted by Gasteiger charge is 2.32. The van der Waals surface area contributed by atoms with Crippen molar-refractivity contribution in [2.45, 2.75) is 20.3 Å². The van der Waals surface area contributed by atoms with Crippen LogP contribution < -0.4 is 4.90 Å². The van der Waals surface area contributed by atoms with Gasteiger partial charge in [0.25, 0.3) is 0 Å². The fraction of sp³-hybridized carbons (Fsp3) is 0.429. The van der Waals surface area contributed by atoms with Crippen molar-refractivity contribution in [3.63, 3.8) is 0 Å². The summed E-state index contributed by atoms with van der Waals surface area (Å²) in [5.41, 5.74) is 1.08. The second-order valence-corrected chi connectivity index (χ2v) is 6.93. The zero-order chi connectivity index (χ0) is 14.9. The molecule has 108 valence electrons. The van der Waals surface area contributed by atoms with Crippen LogP contribution in [-0.4, -0.2) is 23.3 Å². The molecule has 1 aromatic carbocycles. The van der Waals surface area contributed by atoms with Crippen molar-refractivity contribution in [1.82, 2.24) is 0 Å². The molecule has 0 spiro atoms. The number of halogens is 2. The minimum Gasteiger partial charge on any atom is -0.312 e. The molecule has 1 heterocycles. The normalized spacial score (nSPS) is 18.7. The van der Waals surface area contributed by atoms with Gasteiger partial charge in [0.2, 0.25) is 5.91 Å². The fourth-order valence-corrected chi connectivity index (χ4v) is 3.42. The van der Waals surface area contributed by atoms with E-state index in [9.17, 15) is 14.0 Å². The van der Waals surface area contributed by atoms with E-state index in [2.05, 4.69) is 15.9 Å². The van der Waals surface area contributed by atoms with Crippen molar-refractivity contribution in [1.29, 1.82) is 0 Å². The van der Waals surface area contributed by atoms with Crippen molar-refractivity contribution < 1.29 is 14.0 Å². The number of hydrogen-bond donors (Lipinski definition) is 0. The summed E-state index contributed by atoms with van der Waals surface area (Å²) >= 11 is 4.38. The van der Waals surface area contributed by atoms with Gasteiger partial charge in [0.15, 0.2) is 5.12 Å². The van der Waals surface area contributed by atoms with Crippen molar-refractivity contribution in [2.24, 2.45) is 5.92 Å². The van der Waals surface area contributed by atoms with Gasteiger partial charge in [0.1, 0.15) is 5.82 Å². The molecule has 6 heteroatoms. The highest BCUT2D eigenvalue weighted by Crippen LogP contribution is 2.32. The molecule has 0 aromatic heterocycles. The SMILES string of the molecule is CC(=O)SCC1CC(=O)N(c2ccc(Br)c(F)c2C)C1. The van der Waals surface area contributed by atoms with E-state index < -0.39 is 0 Å². The summed E-state index contributed by atoms with van der Waals surface area (Å²) < 4.78 is 14.3. The van der Waals surface area contributed by atoms with Gasteiger partial charge >= 0.3 is 0 Å². The third-order valence-corrected chi connectivity index (χ3v) is 4.99. The molecule has 0 saturated carbocycles. The maximum absolute atomic E-state index is 13.9. The van der Waals surface area contributed by atoms with Gasteiger partial charge in [0.05, 0.1) is 4.47 Å². The third-order valence-electron chi connectivity index (χ3n) is 3.33. The van der Waals surface area contributed by atoms with Gasteiger partial charge in [-0.15, -0.1) is 0 Å². The topological polar surface area (TPSA) is 37.4 Å². The van der Waals surface area contributed by atoms with Crippen molar-refractivity contribution >= 4 is 44.4 Å². The molecule has 1 unspecified atom stereocenters. The standard InChI is InChI=1S/C14H15BrFNO2S/c1-8-12(4-3-11(15)14(8)16)17-6-10(5-13(17)19)7-20-9(2)18/h3-4,10H,5-7H2,1-2H3. The number of amides is 1. The van der Waals surface area contributed by atoms with Crippen LogP contribution >= 0.6 is 27.7 Å². The molecule has 0 bridgehead atoms. The van der Waals surface area contributed by atoms with E-state index in [1.54, 1.807) is 24.0 Å². The summed E-state index contributed by atoms with van der Waals surface area (Å²) in [4.78, 5) is 24.7. The number of carbonyl (C=O) groups excluding carboxylic acids is 2. The third kappa shape index (κ3) is 3.23. The summed E-state index contributed by atoms with van der Waals surface area (Å²) in [7, 11) is 0. The summed E-state index contributed by atoms with van der Waals surface area (Å²) in [6, 6.07) is 3.36. The van der Waals surface area contributed by atoms with Crippen molar-refractivity contribution in [3.8, 4) is 0 Å². The van der Waals surface area contributed by atoms with Crippen molar-refractivity contribution in [3.05, 3.63) is 28.0 Å². The Kier molecular flexibility index (Phi) is 4.86. The Morgan fingerprint density at radius 2 is 2.25 bits per heavy atom. The monoisotopic (exact) mass is 359 g/mol. The Labute approximate surface area is 130 Å². The van der Waals surface area contributed by atoms with E-state index in [0.29, 0.717) is 34.4 Å². The van der Waals surface area contributed by atoms with Gasteiger partial charge < -0.3 is 4.90 Å². The Balaban J connectivity index is 2.16. The lowest BCUT2D eigenvalue weighted by Gasteiger charge is -2.19. The lowest BCUT2D eigenvalue weighted by Crippen LogP contribution is -2.25. The van der Waals surface area contributed by atoms with Gasteiger partial charge in [-0.3, -0.25) is 9.59 Å². The van der Waals surface area contributed by atoms with Crippen LogP contribution in [0.2, 0.25) is 0 Å². The predicted octanol–water partition coefficient (Wildman–Crippen LogP) is 3.53. The highest BCUT2D eigenvalue weighted by molar-refractivity contribution is 9.10. The molecule has 1 aromatic rings. The first kappa shape index (κ1) is 15.5. The van der Waals surface area contributed by atoms with E-state index in [4.69, 9.17) is 0 Å². The summed E-state index contributed by atoms with van der Waals surface area (Å²) in [6.07, 6.45) is 0.414. The number of benzene rings is 1. The molecular formula is C14H15BrFNO2S. The highest BCUT2D eigenvalue weighted by atomic mass is 79.9. The second-order valence-electron chi connectivity index (χ2n) is 4.88. The number of anilines is 1. The smallest absolute Gasteiger partial charge is 0.227 e. The fourth-order valence-electron chi connectivity index (χ4n) is 2.30. The second kappa shape index (κ2) is 6.26. The maximum atomic E-state index is 13.9. The van der Waals surface area contributed by atoms with E-state index in [-0.39, 0.29) is 22.8 Å². The minimum absolute atomic E-state index is 0.0102. The summed E-state index contributed by atoms with van der Waals surface area (Å²) in [5.74, 6) is 0.429. The molecule has 0 aliphatic carbocycles. The molecule has 2 rings (SSSR count). The summed E-state index contributed by atoms with van der Waals surface area (Å²) in [6.45, 7) is 3.73. The van der Waals surface area contributed by atoms with E-state index >= 15 is 0 Å². The van der Waals surface area contributed by atoms with E-state index in [1.807, 2.05) is 0 Å². The van der Waals surface area contributed by atoms with Crippen LogP contribution in [0.3, 0.4) is 0 Å². The zero-order valence-corrected chi connectivity index (χ0v) is 13.7. The van der Waals surface area contributed by atoms with E-state index in [1.165, 1.54) is 18.7 Å². The number of nitrogens with zero attached hydrogens (tertiary/aromatic N) is 1. The first-order valence-electron chi connectivity index (χ1n) is 6.28. The number of rotatable bonds is 3. The van der Waals surface area contributed by atoms with Gasteiger partial charge in [-0.05, 0) is 40.9 Å². The average Bonchev–Trinajstić information content (AvgIpc) is 2.75. The molecule has 3 nitrogen and oxygen atoms in total. The Hall–Kier alpha value is -0.880. The lowest BCUT2D eigenvalue weighted by molar-refractivity contribution is -0.117. The number of hydrogen-bond acceptors (Lipinski definition) is 3. The molecule has 1 saturated heterocycles. The lowest BCUT2D eigenvalue weighted by atomic mass is 10.1. The summed E-state index contributed by atoms with van der Waals surface area (Å²) in [5, 5.41) is 0.0572. The zero-order valence-electron chi connectivity index (χ0n) is 11.3. The van der Waals surface area contributed by atoms with Crippen LogP contribution in [0.1, 0.15) is 18.9 Å². The molecule has 0 N–H and O–H groups in total. The van der Waals surface area contributed by atoms with Crippen molar-refractivity contribution in [2.75, 3.05) is 17.2 Å². The molecule has 1 atom stereocenters. The molecule has 0 radical (unpaired) electrons. The quantitative estimate of drug-likeness (QED) is 0.828. The van der Waals surface area contributed by atoms with Crippen LogP contribution in [0.5, 0.6) is 0 Å². The van der Waals surface area contributed by atoms with Gasteiger partial charge in [-0.1, -0.05) is 11.8 Å². The Morgan fingerprint density at radius 3 is 2.90 bits per heavy atom.